The second kappa shape index (κ2) is 17.2. The topological polar surface area (TPSA) is 255 Å². The van der Waals surface area contributed by atoms with E-state index in [1.165, 1.54) is 11.8 Å². The van der Waals surface area contributed by atoms with E-state index in [2.05, 4.69) is 26.6 Å². The van der Waals surface area contributed by atoms with Crippen molar-refractivity contribution in [3.63, 3.8) is 0 Å². The van der Waals surface area contributed by atoms with Gasteiger partial charge in [0.15, 0.2) is 0 Å². The van der Waals surface area contributed by atoms with Crippen LogP contribution in [0.3, 0.4) is 0 Å². The number of nitrogens with two attached hydrogens (primary N) is 2. The number of rotatable bonds is 16. The molecule has 0 aromatic rings. The van der Waals surface area contributed by atoms with Crippen molar-refractivity contribution in [3.8, 4) is 0 Å². The van der Waals surface area contributed by atoms with Gasteiger partial charge in [-0.25, -0.2) is 0 Å². The highest BCUT2D eigenvalue weighted by molar-refractivity contribution is 5.95. The van der Waals surface area contributed by atoms with E-state index in [-0.39, 0.29) is 18.4 Å². The molecule has 0 spiro atoms. The van der Waals surface area contributed by atoms with Crippen LogP contribution in [-0.4, -0.2) is 108 Å². The van der Waals surface area contributed by atoms with Crippen LogP contribution in [0, 0.1) is 11.8 Å². The predicted molar refractivity (Wildman–Crippen MR) is 151 cm³/mol. The number of hydrogen-bond acceptors (Lipinski definition) is 9. The largest absolute Gasteiger partial charge is 0.394 e. The van der Waals surface area contributed by atoms with Crippen LogP contribution >= 0.6 is 0 Å². The summed E-state index contributed by atoms with van der Waals surface area (Å²) in [7, 11) is 0. The summed E-state index contributed by atoms with van der Waals surface area (Å²) in [6.45, 7) is 7.38. The van der Waals surface area contributed by atoms with Gasteiger partial charge in [-0.1, -0.05) is 27.7 Å². The first-order chi connectivity index (χ1) is 19.6. The predicted octanol–water partition coefficient (Wildman–Crippen LogP) is -3.81. The van der Waals surface area contributed by atoms with Crippen LogP contribution in [0.4, 0.5) is 0 Å². The van der Waals surface area contributed by atoms with Crippen molar-refractivity contribution in [2.45, 2.75) is 84.1 Å². The highest BCUT2D eigenvalue weighted by atomic mass is 16.3. The SMILES string of the molecule is CC(C)C[C@H](NC(=O)[C@@H](NC(=O)CNC(=O)[C@H](C)NC(=O)[C@H]1CCCN1C(=O)CNC(=O)[C@@H](N)CO)C(C)C)C(N)=O. The lowest BCUT2D eigenvalue weighted by Crippen LogP contribution is -2.57. The molecule has 1 fully saturated rings. The molecule has 0 aliphatic carbocycles. The minimum absolute atomic E-state index is 0.0920. The van der Waals surface area contributed by atoms with Crippen molar-refractivity contribution in [2.75, 3.05) is 26.2 Å². The number of nitrogens with zero attached hydrogens (tertiary/aromatic N) is 1. The van der Waals surface area contributed by atoms with Gasteiger partial charge in [-0.3, -0.25) is 33.6 Å². The van der Waals surface area contributed by atoms with Crippen LogP contribution in [0.2, 0.25) is 0 Å². The van der Waals surface area contributed by atoms with Crippen molar-refractivity contribution in [1.82, 2.24) is 31.5 Å². The molecular formula is C26H46N8O8. The summed E-state index contributed by atoms with van der Waals surface area (Å²) >= 11 is 0. The third kappa shape index (κ3) is 11.6. The first-order valence-electron chi connectivity index (χ1n) is 14.0. The van der Waals surface area contributed by atoms with E-state index in [1.807, 2.05) is 13.8 Å². The zero-order chi connectivity index (χ0) is 32.1. The van der Waals surface area contributed by atoms with E-state index in [9.17, 15) is 33.6 Å². The van der Waals surface area contributed by atoms with E-state index in [1.54, 1.807) is 13.8 Å². The number of carbonyl (C=O) groups is 7. The Balaban J connectivity index is 2.63. The molecule has 1 aliphatic heterocycles. The molecule has 0 aromatic carbocycles. The average molecular weight is 599 g/mol. The molecule has 238 valence electrons. The normalized spacial score (nSPS) is 17.5. The standard InChI is InChI=1S/C26H46N8O8/c1-13(2)9-17(22(28)38)32-26(42)21(14(3)4)33-19(36)10-29-23(39)15(5)31-25(41)18-7-6-8-34(18)20(37)11-30-24(40)16(27)12-35/h13-18,21,35H,6-12,27H2,1-5H3,(H2,28,38)(H,29,39)(H,30,40)(H,31,41)(H,32,42)(H,33,36)/t15-,16-,17-,18+,21-/m0/s1. The Bertz CT molecular complexity index is 1000. The summed E-state index contributed by atoms with van der Waals surface area (Å²) in [5, 5.41) is 21.3. The maximum atomic E-state index is 12.8. The molecule has 1 heterocycles. The van der Waals surface area contributed by atoms with Crippen molar-refractivity contribution >= 4 is 41.4 Å². The Kier molecular flexibility index (Phi) is 14.9. The number of aliphatic hydroxyl groups excluding tert-OH is 1. The third-order valence-electron chi connectivity index (χ3n) is 6.63. The minimum Gasteiger partial charge on any atom is -0.394 e. The van der Waals surface area contributed by atoms with E-state index in [0.29, 0.717) is 19.3 Å². The molecule has 1 aliphatic rings. The Morgan fingerprint density at radius 1 is 0.881 bits per heavy atom. The van der Waals surface area contributed by atoms with Crippen molar-refractivity contribution in [1.29, 1.82) is 0 Å². The quantitative estimate of drug-likeness (QED) is 0.0865. The van der Waals surface area contributed by atoms with Crippen LogP contribution in [-0.2, 0) is 33.6 Å². The molecule has 0 aromatic heterocycles. The Hall–Kier alpha value is -3.79. The summed E-state index contributed by atoms with van der Waals surface area (Å²) in [5.41, 5.74) is 10.8. The number of primary amides is 1. The fourth-order valence-corrected chi connectivity index (χ4v) is 4.25. The minimum atomic E-state index is -1.17. The number of likely N-dealkylation sites (tertiary alicyclic amines) is 1. The van der Waals surface area contributed by atoms with E-state index in [0.717, 1.165) is 0 Å². The fourth-order valence-electron chi connectivity index (χ4n) is 4.25. The van der Waals surface area contributed by atoms with Gasteiger partial charge in [0.05, 0.1) is 19.7 Å². The van der Waals surface area contributed by atoms with Crippen molar-refractivity contribution in [3.05, 3.63) is 0 Å². The fraction of sp³-hybridized carbons (Fsp3) is 0.731. The molecule has 42 heavy (non-hydrogen) atoms. The number of nitrogens with one attached hydrogen (secondary N) is 5. The Morgan fingerprint density at radius 3 is 2.05 bits per heavy atom. The summed E-state index contributed by atoms with van der Waals surface area (Å²) in [4.78, 5) is 88.0. The van der Waals surface area contributed by atoms with Gasteiger partial charge in [0.25, 0.3) is 0 Å². The van der Waals surface area contributed by atoms with Gasteiger partial charge >= 0.3 is 0 Å². The lowest BCUT2D eigenvalue weighted by atomic mass is 10.00. The van der Waals surface area contributed by atoms with Gasteiger partial charge in [-0.15, -0.1) is 0 Å². The molecule has 16 nitrogen and oxygen atoms in total. The molecule has 1 rings (SSSR count). The van der Waals surface area contributed by atoms with Gasteiger partial charge in [0.2, 0.25) is 41.4 Å². The summed E-state index contributed by atoms with van der Waals surface area (Å²) in [6.07, 6.45) is 1.23. The molecule has 0 radical (unpaired) electrons. The van der Waals surface area contributed by atoms with E-state index < -0.39 is 91.3 Å². The number of amides is 7. The highest BCUT2D eigenvalue weighted by Gasteiger charge is 2.35. The van der Waals surface area contributed by atoms with Crippen LogP contribution in [0.15, 0.2) is 0 Å². The third-order valence-corrected chi connectivity index (χ3v) is 6.63. The second-order valence-electron chi connectivity index (χ2n) is 11.1. The number of carbonyl (C=O) groups excluding carboxylic acids is 7. The van der Waals surface area contributed by atoms with Gasteiger partial charge in [-0.2, -0.15) is 0 Å². The Morgan fingerprint density at radius 2 is 1.50 bits per heavy atom. The molecule has 10 N–H and O–H groups in total. The molecular weight excluding hydrogens is 552 g/mol. The average Bonchev–Trinajstić information content (AvgIpc) is 3.42. The maximum Gasteiger partial charge on any atom is 0.243 e. The Labute approximate surface area is 245 Å². The second-order valence-corrected chi connectivity index (χ2v) is 11.1. The van der Waals surface area contributed by atoms with Crippen LogP contribution in [0.5, 0.6) is 0 Å². The smallest absolute Gasteiger partial charge is 0.243 e. The molecule has 0 bridgehead atoms. The number of hydrogen-bond donors (Lipinski definition) is 8. The van der Waals surface area contributed by atoms with Gasteiger partial charge in [0, 0.05) is 6.54 Å². The lowest BCUT2D eigenvalue weighted by molar-refractivity contribution is -0.139. The van der Waals surface area contributed by atoms with Gasteiger partial charge in [-0.05, 0) is 38.0 Å². The monoisotopic (exact) mass is 598 g/mol. The van der Waals surface area contributed by atoms with Crippen LogP contribution in [0.25, 0.3) is 0 Å². The molecule has 7 amide bonds. The molecule has 0 unspecified atom stereocenters. The first-order valence-corrected chi connectivity index (χ1v) is 14.0. The van der Waals surface area contributed by atoms with Crippen LogP contribution < -0.4 is 38.1 Å². The molecule has 5 atom stereocenters. The van der Waals surface area contributed by atoms with Gasteiger partial charge < -0.3 is 48.1 Å². The van der Waals surface area contributed by atoms with Crippen molar-refractivity contribution < 1.29 is 38.7 Å². The van der Waals surface area contributed by atoms with E-state index in [4.69, 9.17) is 16.6 Å². The number of aliphatic hydroxyl groups is 1. The summed E-state index contributed by atoms with van der Waals surface area (Å²) in [6, 6.07) is -4.97. The lowest BCUT2D eigenvalue weighted by Gasteiger charge is -2.26. The summed E-state index contributed by atoms with van der Waals surface area (Å²) in [5.74, 6) is -4.65. The van der Waals surface area contributed by atoms with Crippen molar-refractivity contribution in [2.24, 2.45) is 23.3 Å². The first kappa shape index (κ1) is 36.2. The zero-order valence-electron chi connectivity index (χ0n) is 24.9. The molecule has 1 saturated heterocycles. The van der Waals surface area contributed by atoms with E-state index >= 15 is 0 Å². The van der Waals surface area contributed by atoms with Gasteiger partial charge in [0.1, 0.15) is 30.2 Å². The molecule has 16 heteroatoms. The maximum absolute atomic E-state index is 12.8. The highest BCUT2D eigenvalue weighted by Crippen LogP contribution is 2.17. The molecule has 0 saturated carbocycles. The summed E-state index contributed by atoms with van der Waals surface area (Å²) < 4.78 is 0. The zero-order valence-corrected chi connectivity index (χ0v) is 24.9. The van der Waals surface area contributed by atoms with Crippen LogP contribution in [0.1, 0.15) is 53.9 Å².